The summed E-state index contributed by atoms with van der Waals surface area (Å²) in [5, 5.41) is 10.1. The van der Waals surface area contributed by atoms with E-state index in [1.807, 2.05) is 6.92 Å². The Morgan fingerprint density at radius 3 is 2.57 bits per heavy atom. The molecule has 0 bridgehead atoms. The normalized spacial score (nSPS) is 10.9. The van der Waals surface area contributed by atoms with Crippen LogP contribution in [0.15, 0.2) is 30.0 Å². The Morgan fingerprint density at radius 2 is 2.10 bits per heavy atom. The number of rotatable bonds is 6. The molecule has 0 radical (unpaired) electrons. The zero-order valence-electron chi connectivity index (χ0n) is 12.3. The fourth-order valence-corrected chi connectivity index (χ4v) is 1.63. The van der Waals surface area contributed by atoms with Crippen LogP contribution in [-0.4, -0.2) is 24.1 Å². The van der Waals surface area contributed by atoms with Crippen molar-refractivity contribution < 1.29 is 14.3 Å². The van der Waals surface area contributed by atoms with Crippen LogP contribution in [-0.2, 0) is 4.79 Å². The maximum Gasteiger partial charge on any atom is 0.284 e. The molecule has 0 saturated carbocycles. The van der Waals surface area contributed by atoms with Crippen LogP contribution in [0, 0.1) is 12.3 Å². The molecule has 21 heavy (non-hydrogen) atoms. The van der Waals surface area contributed by atoms with Crippen LogP contribution in [0.4, 0.5) is 0 Å². The van der Waals surface area contributed by atoms with Crippen LogP contribution < -0.4 is 15.8 Å². The minimum atomic E-state index is -0.756. The van der Waals surface area contributed by atoms with Crippen molar-refractivity contribution in [1.29, 1.82) is 5.41 Å². The number of nitrogens with two attached hydrogens (primary N) is 1. The number of hydrogen-bond acceptors (Lipinski definition) is 4. The summed E-state index contributed by atoms with van der Waals surface area (Å²) < 4.78 is 5.43. The minimum Gasteiger partial charge on any atom is -0.451 e. The van der Waals surface area contributed by atoms with E-state index in [0.29, 0.717) is 23.4 Å². The molecule has 0 heterocycles. The highest BCUT2D eigenvalue weighted by Crippen LogP contribution is 2.21. The van der Waals surface area contributed by atoms with Crippen LogP contribution in [0.2, 0.25) is 0 Å². The van der Waals surface area contributed by atoms with E-state index in [-0.39, 0.29) is 17.4 Å². The van der Waals surface area contributed by atoms with E-state index in [0.717, 1.165) is 0 Å². The van der Waals surface area contributed by atoms with Gasteiger partial charge in [-0.05, 0) is 44.5 Å². The zero-order chi connectivity index (χ0) is 16.0. The fourth-order valence-electron chi connectivity index (χ4n) is 1.63. The van der Waals surface area contributed by atoms with Crippen molar-refractivity contribution in [1.82, 2.24) is 5.32 Å². The summed E-state index contributed by atoms with van der Waals surface area (Å²) in [5.74, 6) is -0.632. The largest absolute Gasteiger partial charge is 0.451 e. The van der Waals surface area contributed by atoms with E-state index in [1.54, 1.807) is 25.1 Å². The molecule has 6 heteroatoms. The number of ether oxygens (including phenoxy) is 1. The van der Waals surface area contributed by atoms with Crippen molar-refractivity contribution >= 4 is 17.5 Å². The van der Waals surface area contributed by atoms with Crippen LogP contribution in [0.25, 0.3) is 0 Å². The molecule has 0 saturated heterocycles. The molecular weight excluding hydrogens is 270 g/mol. The second-order valence-electron chi connectivity index (χ2n) is 4.50. The summed E-state index contributed by atoms with van der Waals surface area (Å²) in [4.78, 5) is 23.0. The molecule has 1 rings (SSSR count). The molecule has 0 spiro atoms. The molecule has 0 aromatic heterocycles. The number of carbonyl (C=O) groups excluding carboxylic acids is 2. The number of primary amides is 1. The number of hydrogen-bond donors (Lipinski definition) is 3. The van der Waals surface area contributed by atoms with E-state index in [9.17, 15) is 9.59 Å². The highest BCUT2D eigenvalue weighted by atomic mass is 16.5. The Kier molecular flexibility index (Phi) is 5.66. The third-order valence-electron chi connectivity index (χ3n) is 2.58. The molecule has 2 amide bonds. The van der Waals surface area contributed by atoms with Crippen LogP contribution >= 0.6 is 0 Å². The Balaban J connectivity index is 3.02. The lowest BCUT2D eigenvalue weighted by Crippen LogP contribution is -2.23. The van der Waals surface area contributed by atoms with Crippen LogP contribution in [0.3, 0.4) is 0 Å². The lowest BCUT2D eigenvalue weighted by atomic mass is 10.1. The molecule has 1 aromatic rings. The van der Waals surface area contributed by atoms with Gasteiger partial charge in [0.05, 0.1) is 0 Å². The SMILES string of the molecule is CCNC(=O)c1ccc(O/C(=C/C(C)=N)C(N)=O)c(C)c1. The highest BCUT2D eigenvalue weighted by molar-refractivity contribution is 6.00. The van der Waals surface area contributed by atoms with Crippen molar-refractivity contribution in [3.05, 3.63) is 41.2 Å². The summed E-state index contributed by atoms with van der Waals surface area (Å²) >= 11 is 0. The summed E-state index contributed by atoms with van der Waals surface area (Å²) in [7, 11) is 0. The molecule has 0 aliphatic rings. The number of allylic oxidation sites excluding steroid dienone is 1. The number of carbonyl (C=O) groups is 2. The Hall–Kier alpha value is -2.63. The van der Waals surface area contributed by atoms with Gasteiger partial charge in [-0.1, -0.05) is 0 Å². The van der Waals surface area contributed by atoms with Gasteiger partial charge in [-0.2, -0.15) is 0 Å². The molecule has 112 valence electrons. The van der Waals surface area contributed by atoms with Gasteiger partial charge in [0.15, 0.2) is 5.76 Å². The Morgan fingerprint density at radius 1 is 1.43 bits per heavy atom. The second-order valence-corrected chi connectivity index (χ2v) is 4.50. The van der Waals surface area contributed by atoms with Crippen LogP contribution in [0.5, 0.6) is 5.75 Å². The molecule has 1 aromatic carbocycles. The first-order valence-electron chi connectivity index (χ1n) is 6.48. The summed E-state index contributed by atoms with van der Waals surface area (Å²) in [5.41, 5.74) is 6.56. The summed E-state index contributed by atoms with van der Waals surface area (Å²) in [6, 6.07) is 4.86. The molecule has 0 unspecified atom stereocenters. The average molecular weight is 289 g/mol. The molecule has 0 aliphatic heterocycles. The quantitative estimate of drug-likeness (QED) is 0.420. The average Bonchev–Trinajstić information content (AvgIpc) is 2.39. The third-order valence-corrected chi connectivity index (χ3v) is 2.58. The molecule has 0 atom stereocenters. The molecule has 6 nitrogen and oxygen atoms in total. The predicted octanol–water partition coefficient (Wildman–Crippen LogP) is 1.53. The van der Waals surface area contributed by atoms with Gasteiger partial charge in [-0.15, -0.1) is 0 Å². The Labute approximate surface area is 123 Å². The number of benzene rings is 1. The van der Waals surface area contributed by atoms with Crippen molar-refractivity contribution in [2.24, 2.45) is 5.73 Å². The first kappa shape index (κ1) is 16.4. The first-order valence-corrected chi connectivity index (χ1v) is 6.48. The number of nitrogens with one attached hydrogen (secondary N) is 2. The fraction of sp³-hybridized carbons (Fsp3) is 0.267. The van der Waals surface area contributed by atoms with Gasteiger partial charge >= 0.3 is 0 Å². The van der Waals surface area contributed by atoms with E-state index in [2.05, 4.69) is 5.32 Å². The second kappa shape index (κ2) is 7.23. The summed E-state index contributed by atoms with van der Waals surface area (Å²) in [6.45, 7) is 5.65. The van der Waals surface area contributed by atoms with Crippen molar-refractivity contribution in [3.63, 3.8) is 0 Å². The van der Waals surface area contributed by atoms with Gasteiger partial charge in [0.25, 0.3) is 11.8 Å². The van der Waals surface area contributed by atoms with E-state index < -0.39 is 5.91 Å². The van der Waals surface area contributed by atoms with Gasteiger partial charge in [-0.3, -0.25) is 9.59 Å². The van der Waals surface area contributed by atoms with Crippen molar-refractivity contribution in [2.45, 2.75) is 20.8 Å². The Bertz CT molecular complexity index is 606. The van der Waals surface area contributed by atoms with Gasteiger partial charge in [-0.25, -0.2) is 0 Å². The monoisotopic (exact) mass is 289 g/mol. The lowest BCUT2D eigenvalue weighted by molar-refractivity contribution is -0.116. The van der Waals surface area contributed by atoms with Gasteiger partial charge in [0, 0.05) is 23.9 Å². The van der Waals surface area contributed by atoms with E-state index in [4.69, 9.17) is 15.9 Å². The predicted molar refractivity (Wildman–Crippen MR) is 80.5 cm³/mol. The first-order chi connectivity index (χ1) is 9.85. The van der Waals surface area contributed by atoms with Gasteiger partial charge < -0.3 is 21.2 Å². The summed E-state index contributed by atoms with van der Waals surface area (Å²) in [6.07, 6.45) is 1.25. The number of amides is 2. The van der Waals surface area contributed by atoms with E-state index in [1.165, 1.54) is 13.0 Å². The van der Waals surface area contributed by atoms with Crippen molar-refractivity contribution in [2.75, 3.05) is 6.54 Å². The molecule has 4 N–H and O–H groups in total. The standard InChI is InChI=1S/C15H19N3O3/c1-4-18-15(20)11-5-6-12(9(2)7-11)21-13(14(17)19)8-10(3)16/h5-8,16H,4H2,1-3H3,(H2,17,19)(H,18,20)/b13-8+,16-10?. The smallest absolute Gasteiger partial charge is 0.284 e. The van der Waals surface area contributed by atoms with E-state index >= 15 is 0 Å². The topological polar surface area (TPSA) is 105 Å². The minimum absolute atomic E-state index is 0.114. The molecular formula is C15H19N3O3. The van der Waals surface area contributed by atoms with Gasteiger partial charge in [0.1, 0.15) is 5.75 Å². The molecule has 0 aliphatic carbocycles. The zero-order valence-corrected chi connectivity index (χ0v) is 12.3. The lowest BCUT2D eigenvalue weighted by Gasteiger charge is -2.11. The maximum absolute atomic E-state index is 11.7. The third kappa shape index (κ3) is 4.76. The van der Waals surface area contributed by atoms with Gasteiger partial charge in [0.2, 0.25) is 0 Å². The molecule has 0 fully saturated rings. The maximum atomic E-state index is 11.7. The highest BCUT2D eigenvalue weighted by Gasteiger charge is 2.12. The van der Waals surface area contributed by atoms with Crippen molar-refractivity contribution in [3.8, 4) is 5.75 Å². The van der Waals surface area contributed by atoms with Crippen LogP contribution in [0.1, 0.15) is 29.8 Å². The number of aryl methyl sites for hydroxylation is 1.